The molecule has 148 valence electrons. The first-order valence-electron chi connectivity index (χ1n) is 9.05. The molecule has 0 aromatic carbocycles. The van der Waals surface area contributed by atoms with Crippen molar-refractivity contribution in [2.75, 3.05) is 10.6 Å². The molecule has 4 aromatic rings. The number of nitrogens with zero attached hydrogens (tertiary/aromatic N) is 2. The minimum atomic E-state index is -0.273. The molecular formula is C21H20N4O2S2. The number of hydrogen-bond acceptors (Lipinski definition) is 7. The molecule has 0 aliphatic heterocycles. The summed E-state index contributed by atoms with van der Waals surface area (Å²) in [7, 11) is 0. The zero-order valence-corrected chi connectivity index (χ0v) is 17.9. The van der Waals surface area contributed by atoms with E-state index in [1.54, 1.807) is 23.5 Å². The second kappa shape index (κ2) is 8.18. The lowest BCUT2D eigenvalue weighted by Crippen LogP contribution is -2.17. The van der Waals surface area contributed by atoms with Gasteiger partial charge in [0.1, 0.15) is 5.00 Å². The van der Waals surface area contributed by atoms with E-state index in [0.29, 0.717) is 5.95 Å². The van der Waals surface area contributed by atoms with E-state index in [-0.39, 0.29) is 17.7 Å². The number of furan rings is 1. The number of aryl methyl sites for hydroxylation is 3. The van der Waals surface area contributed by atoms with Crippen molar-refractivity contribution in [3.05, 3.63) is 80.5 Å². The Morgan fingerprint density at radius 2 is 1.93 bits per heavy atom. The average Bonchev–Trinajstić information content (AvgIpc) is 3.41. The fraction of sp³-hybridized carbons (Fsp3) is 0.190. The Morgan fingerprint density at radius 3 is 2.59 bits per heavy atom. The lowest BCUT2D eigenvalue weighted by molar-refractivity contribution is 0.0997. The van der Waals surface area contributed by atoms with Gasteiger partial charge in [0.05, 0.1) is 12.3 Å². The van der Waals surface area contributed by atoms with Gasteiger partial charge in [0.25, 0.3) is 5.91 Å². The van der Waals surface area contributed by atoms with Crippen LogP contribution in [0.2, 0.25) is 0 Å². The zero-order valence-electron chi connectivity index (χ0n) is 16.2. The molecule has 4 rings (SSSR count). The first-order valence-corrected chi connectivity index (χ1v) is 10.8. The summed E-state index contributed by atoms with van der Waals surface area (Å²) < 4.78 is 5.23. The third kappa shape index (κ3) is 4.38. The van der Waals surface area contributed by atoms with Gasteiger partial charge in [0.15, 0.2) is 5.76 Å². The molecule has 0 aliphatic rings. The van der Waals surface area contributed by atoms with Gasteiger partial charge in [-0.1, -0.05) is 0 Å². The van der Waals surface area contributed by atoms with Gasteiger partial charge in [0.2, 0.25) is 5.95 Å². The van der Waals surface area contributed by atoms with Crippen molar-refractivity contribution in [1.29, 1.82) is 0 Å². The van der Waals surface area contributed by atoms with E-state index < -0.39 is 0 Å². The number of carbonyl (C=O) groups excluding carboxylic acids is 1. The Bertz CT molecular complexity index is 1100. The predicted molar refractivity (Wildman–Crippen MR) is 117 cm³/mol. The predicted octanol–water partition coefficient (Wildman–Crippen LogP) is 5.57. The second-order valence-corrected chi connectivity index (χ2v) is 8.72. The topological polar surface area (TPSA) is 80.0 Å². The van der Waals surface area contributed by atoms with Crippen LogP contribution in [-0.4, -0.2) is 15.9 Å². The smallest absolute Gasteiger partial charge is 0.291 e. The van der Waals surface area contributed by atoms with Crippen molar-refractivity contribution in [3.63, 3.8) is 0 Å². The fourth-order valence-electron chi connectivity index (χ4n) is 3.12. The minimum absolute atomic E-state index is 0.195. The van der Waals surface area contributed by atoms with E-state index in [1.165, 1.54) is 17.6 Å². The van der Waals surface area contributed by atoms with Crippen molar-refractivity contribution >= 4 is 39.5 Å². The van der Waals surface area contributed by atoms with Crippen LogP contribution in [0, 0.1) is 20.8 Å². The fourth-order valence-corrected chi connectivity index (χ4v) is 4.75. The number of thiophene rings is 2. The van der Waals surface area contributed by atoms with E-state index >= 15 is 0 Å². The Kier molecular flexibility index (Phi) is 5.46. The van der Waals surface area contributed by atoms with Crippen LogP contribution in [0.1, 0.15) is 44.0 Å². The van der Waals surface area contributed by atoms with E-state index in [4.69, 9.17) is 4.42 Å². The largest absolute Gasteiger partial charge is 0.459 e. The number of nitrogens with one attached hydrogen (secondary N) is 2. The monoisotopic (exact) mass is 424 g/mol. The maximum absolute atomic E-state index is 12.6. The quantitative estimate of drug-likeness (QED) is 0.423. The number of hydrogen-bond donors (Lipinski definition) is 2. The summed E-state index contributed by atoms with van der Waals surface area (Å²) in [5.41, 5.74) is 3.85. The van der Waals surface area contributed by atoms with E-state index in [9.17, 15) is 4.79 Å². The number of amides is 1. The van der Waals surface area contributed by atoms with Gasteiger partial charge < -0.3 is 15.1 Å². The summed E-state index contributed by atoms with van der Waals surface area (Å²) in [6, 6.07) is 9.24. The molecule has 4 heterocycles. The van der Waals surface area contributed by atoms with Gasteiger partial charge in [-0.2, -0.15) is 11.3 Å². The molecule has 2 N–H and O–H groups in total. The highest BCUT2D eigenvalue weighted by Gasteiger charge is 2.23. The zero-order chi connectivity index (χ0) is 20.4. The maximum Gasteiger partial charge on any atom is 0.291 e. The summed E-state index contributed by atoms with van der Waals surface area (Å²) in [6.07, 6.45) is 1.49. The Hall–Kier alpha value is -2.97. The van der Waals surface area contributed by atoms with Crippen LogP contribution >= 0.6 is 22.7 Å². The number of rotatable bonds is 6. The molecule has 0 fully saturated rings. The number of aromatic nitrogens is 2. The molecule has 0 unspecified atom stereocenters. The van der Waals surface area contributed by atoms with Crippen molar-refractivity contribution in [2.24, 2.45) is 0 Å². The molecule has 29 heavy (non-hydrogen) atoms. The van der Waals surface area contributed by atoms with Gasteiger partial charge in [-0.3, -0.25) is 4.79 Å². The van der Waals surface area contributed by atoms with E-state index in [0.717, 1.165) is 32.4 Å². The van der Waals surface area contributed by atoms with Gasteiger partial charge in [0, 0.05) is 21.8 Å². The number of anilines is 2. The lowest BCUT2D eigenvalue weighted by Gasteiger charge is -2.19. The van der Waals surface area contributed by atoms with Crippen LogP contribution < -0.4 is 10.6 Å². The molecule has 0 saturated heterocycles. The van der Waals surface area contributed by atoms with Gasteiger partial charge in [-0.05, 0) is 67.4 Å². The lowest BCUT2D eigenvalue weighted by atomic mass is 10.0. The van der Waals surface area contributed by atoms with Crippen LogP contribution in [0.4, 0.5) is 10.9 Å². The normalized spacial score (nSPS) is 12.0. The average molecular weight is 425 g/mol. The van der Waals surface area contributed by atoms with Crippen LogP contribution in [0.5, 0.6) is 0 Å². The van der Waals surface area contributed by atoms with Crippen molar-refractivity contribution < 1.29 is 9.21 Å². The molecule has 8 heteroatoms. The highest BCUT2D eigenvalue weighted by molar-refractivity contribution is 7.16. The Balaban J connectivity index is 1.71. The van der Waals surface area contributed by atoms with Gasteiger partial charge in [-0.25, -0.2) is 9.97 Å². The van der Waals surface area contributed by atoms with Gasteiger partial charge >= 0.3 is 0 Å². The summed E-state index contributed by atoms with van der Waals surface area (Å²) in [5.74, 6) is 0.565. The molecule has 0 aliphatic carbocycles. The third-order valence-corrected chi connectivity index (χ3v) is 5.98. The van der Waals surface area contributed by atoms with Crippen LogP contribution in [0.3, 0.4) is 0 Å². The summed E-state index contributed by atoms with van der Waals surface area (Å²) in [6.45, 7) is 5.92. The van der Waals surface area contributed by atoms with E-state index in [2.05, 4.69) is 38.1 Å². The number of carbonyl (C=O) groups is 1. The highest BCUT2D eigenvalue weighted by atomic mass is 32.1. The Labute approximate surface area is 176 Å². The molecule has 6 nitrogen and oxygen atoms in total. The third-order valence-electron chi connectivity index (χ3n) is 4.30. The molecule has 0 radical (unpaired) electrons. The van der Waals surface area contributed by atoms with Gasteiger partial charge in [-0.15, -0.1) is 11.3 Å². The molecule has 0 bridgehead atoms. The van der Waals surface area contributed by atoms with Crippen LogP contribution in [0.25, 0.3) is 0 Å². The molecule has 1 atom stereocenters. The molecule has 0 saturated carbocycles. The molecule has 0 spiro atoms. The maximum atomic E-state index is 12.6. The summed E-state index contributed by atoms with van der Waals surface area (Å²) >= 11 is 3.16. The first-order chi connectivity index (χ1) is 14.0. The Morgan fingerprint density at radius 1 is 1.14 bits per heavy atom. The summed E-state index contributed by atoms with van der Waals surface area (Å²) in [5, 5.41) is 11.3. The van der Waals surface area contributed by atoms with Crippen LogP contribution in [-0.2, 0) is 0 Å². The van der Waals surface area contributed by atoms with E-state index in [1.807, 2.05) is 32.2 Å². The SMILES string of the molecule is Cc1cc(C)nc(N[C@@H](c2ccsc2)c2cc(C)sc2NC(=O)c2ccco2)n1. The molecular weight excluding hydrogens is 404 g/mol. The van der Waals surface area contributed by atoms with Crippen LogP contribution in [0.15, 0.2) is 51.8 Å². The van der Waals surface area contributed by atoms with Crippen molar-refractivity contribution in [3.8, 4) is 0 Å². The summed E-state index contributed by atoms with van der Waals surface area (Å²) in [4.78, 5) is 22.7. The molecule has 1 amide bonds. The van der Waals surface area contributed by atoms with Crippen molar-refractivity contribution in [2.45, 2.75) is 26.8 Å². The van der Waals surface area contributed by atoms with Crippen molar-refractivity contribution in [1.82, 2.24) is 9.97 Å². The highest BCUT2D eigenvalue weighted by Crippen LogP contribution is 2.38. The first kappa shape index (κ1) is 19.4. The molecule has 4 aromatic heterocycles. The standard InChI is InChI=1S/C21H20N4O2S2/c1-12-9-13(2)23-21(22-12)24-18(15-6-8-28-11-15)16-10-14(3)29-20(16)25-19(26)17-5-4-7-27-17/h4-11,18H,1-3H3,(H,25,26)(H,22,23,24)/t18-/m0/s1. The minimum Gasteiger partial charge on any atom is -0.459 e. The second-order valence-electron chi connectivity index (χ2n) is 6.68.